The van der Waals surface area contributed by atoms with Crippen LogP contribution in [-0.4, -0.2) is 10.2 Å². The van der Waals surface area contributed by atoms with E-state index in [1.807, 2.05) is 0 Å². The van der Waals surface area contributed by atoms with Gasteiger partial charge in [-0.2, -0.15) is 0 Å². The zero-order valence-corrected chi connectivity index (χ0v) is 15.2. The van der Waals surface area contributed by atoms with Crippen molar-refractivity contribution >= 4 is 11.3 Å². The Morgan fingerprint density at radius 2 is 1.59 bits per heavy atom. The summed E-state index contributed by atoms with van der Waals surface area (Å²) in [6, 6.07) is 13.2. The predicted molar refractivity (Wildman–Crippen MR) is 104 cm³/mol. The van der Waals surface area contributed by atoms with Crippen LogP contribution in [0.15, 0.2) is 71.7 Å². The Kier molecular flexibility index (Phi) is 4.54. The van der Waals surface area contributed by atoms with Crippen molar-refractivity contribution in [1.29, 1.82) is 0 Å². The summed E-state index contributed by atoms with van der Waals surface area (Å²) in [6.07, 6.45) is 1.46. The minimum atomic E-state index is -0.755. The second kappa shape index (κ2) is 7.05. The number of rotatable bonds is 3. The van der Waals surface area contributed by atoms with E-state index in [9.17, 15) is 22.8 Å². The van der Waals surface area contributed by atoms with E-state index >= 15 is 0 Å². The number of halogens is 3. The van der Waals surface area contributed by atoms with E-state index < -0.39 is 22.9 Å². The molecule has 0 aliphatic carbocycles. The fourth-order valence-electron chi connectivity index (χ4n) is 3.36. The molecule has 0 aliphatic rings. The normalized spacial score (nSPS) is 11.0. The van der Waals surface area contributed by atoms with Crippen molar-refractivity contribution in [2.75, 3.05) is 0 Å². The molecule has 0 bridgehead atoms. The summed E-state index contributed by atoms with van der Waals surface area (Å²) >= 11 is 0. The molecule has 0 fully saturated rings. The van der Waals surface area contributed by atoms with Gasteiger partial charge in [-0.25, -0.2) is 13.2 Å². The minimum absolute atomic E-state index is 0.0369. The third-order valence-corrected chi connectivity index (χ3v) is 4.76. The van der Waals surface area contributed by atoms with E-state index in [0.717, 1.165) is 18.2 Å². The molecule has 2 aromatic carbocycles. The summed E-state index contributed by atoms with van der Waals surface area (Å²) in [7, 11) is 0. The third-order valence-electron chi connectivity index (χ3n) is 4.76. The lowest BCUT2D eigenvalue weighted by atomic mass is 10.00. The number of aromatic nitrogens is 1. The van der Waals surface area contributed by atoms with Gasteiger partial charge in [0.05, 0.1) is 16.8 Å². The molecule has 0 aliphatic heterocycles. The molecule has 4 rings (SSSR count). The Morgan fingerprint density at radius 3 is 2.28 bits per heavy atom. The smallest absolute Gasteiger partial charge is 0.190 e. The van der Waals surface area contributed by atoms with E-state index in [2.05, 4.69) is 0 Å². The lowest BCUT2D eigenvalue weighted by Crippen LogP contribution is -2.10. The molecule has 6 heteroatoms. The molecule has 144 valence electrons. The molecule has 0 unspecified atom stereocenters. The summed E-state index contributed by atoms with van der Waals surface area (Å²) in [6.45, 7) is 1.32. The summed E-state index contributed by atoms with van der Waals surface area (Å²) in [5.74, 6) is -2.46. The molecule has 29 heavy (non-hydrogen) atoms. The first kappa shape index (κ1) is 18.7. The van der Waals surface area contributed by atoms with E-state index in [4.69, 9.17) is 0 Å². The lowest BCUT2D eigenvalue weighted by molar-refractivity contribution is 0.101. The topological polar surface area (TPSA) is 38.5 Å². The Balaban J connectivity index is 2.01. The zero-order valence-electron chi connectivity index (χ0n) is 15.2. The van der Waals surface area contributed by atoms with Crippen molar-refractivity contribution < 1.29 is 18.0 Å². The van der Waals surface area contributed by atoms with Crippen molar-refractivity contribution in [3.05, 3.63) is 100 Å². The molecule has 4 aromatic rings. The molecule has 2 aromatic heterocycles. The Labute approximate surface area is 163 Å². The number of carbonyl (C=O) groups excluding carboxylic acids is 1. The van der Waals surface area contributed by atoms with Crippen molar-refractivity contribution in [1.82, 2.24) is 4.40 Å². The highest BCUT2D eigenvalue weighted by atomic mass is 19.1. The number of Topliss-reactive ketones (excluding diaryl/α,β-unsaturated/α-hetero) is 1. The van der Waals surface area contributed by atoms with Gasteiger partial charge in [0.25, 0.3) is 0 Å². The third kappa shape index (κ3) is 3.23. The van der Waals surface area contributed by atoms with E-state index in [1.165, 1.54) is 37.4 Å². The standard InChI is InChI=1S/C23H14F3NO2/c1-13(28)14-5-7-17(18(25)11-14)23-21-4-2-3-20(27(21)10-9-22(23)29)16-8-6-15(24)12-19(16)26/h2-12H,1H3. The van der Waals surface area contributed by atoms with Crippen LogP contribution in [0.2, 0.25) is 0 Å². The van der Waals surface area contributed by atoms with E-state index in [0.29, 0.717) is 11.2 Å². The molecule has 2 heterocycles. The Bertz CT molecular complexity index is 1340. The summed E-state index contributed by atoms with van der Waals surface area (Å²) in [4.78, 5) is 24.1. The molecule has 0 saturated carbocycles. The fourth-order valence-corrected chi connectivity index (χ4v) is 3.36. The Hall–Kier alpha value is -3.67. The van der Waals surface area contributed by atoms with E-state index in [1.54, 1.807) is 22.6 Å². The lowest BCUT2D eigenvalue weighted by Gasteiger charge is -2.14. The van der Waals surface area contributed by atoms with Gasteiger partial charge in [-0.1, -0.05) is 18.2 Å². The molecular formula is C23H14F3NO2. The molecule has 0 amide bonds. The Morgan fingerprint density at radius 1 is 0.862 bits per heavy atom. The van der Waals surface area contributed by atoms with Gasteiger partial charge >= 0.3 is 0 Å². The first-order valence-corrected chi connectivity index (χ1v) is 8.77. The highest BCUT2D eigenvalue weighted by Crippen LogP contribution is 2.29. The van der Waals surface area contributed by atoms with Crippen LogP contribution in [0, 0.1) is 17.5 Å². The molecule has 0 radical (unpaired) electrons. The number of hydrogen-bond donors (Lipinski definition) is 0. The quantitative estimate of drug-likeness (QED) is 0.446. The second-order valence-electron chi connectivity index (χ2n) is 6.60. The number of fused-ring (bicyclic) bond motifs is 1. The van der Waals surface area contributed by atoms with Gasteiger partial charge in [0.2, 0.25) is 0 Å². The fraction of sp³-hybridized carbons (Fsp3) is 0.0435. The van der Waals surface area contributed by atoms with Gasteiger partial charge in [0, 0.05) is 35.0 Å². The summed E-state index contributed by atoms with van der Waals surface area (Å²) in [5, 5.41) is 0. The molecular weight excluding hydrogens is 379 g/mol. The first-order valence-electron chi connectivity index (χ1n) is 8.77. The monoisotopic (exact) mass is 393 g/mol. The van der Waals surface area contributed by atoms with Crippen LogP contribution in [0.1, 0.15) is 17.3 Å². The molecule has 0 N–H and O–H groups in total. The number of ketones is 1. The number of carbonyl (C=O) groups is 1. The van der Waals surface area contributed by atoms with Crippen molar-refractivity contribution in [3.8, 4) is 22.4 Å². The van der Waals surface area contributed by atoms with Crippen LogP contribution >= 0.6 is 0 Å². The second-order valence-corrected chi connectivity index (χ2v) is 6.60. The van der Waals surface area contributed by atoms with Crippen molar-refractivity contribution in [3.63, 3.8) is 0 Å². The number of hydrogen-bond acceptors (Lipinski definition) is 2. The number of nitrogens with zero attached hydrogens (tertiary/aromatic N) is 1. The van der Waals surface area contributed by atoms with Crippen LogP contribution < -0.4 is 5.43 Å². The van der Waals surface area contributed by atoms with Crippen molar-refractivity contribution in [2.45, 2.75) is 6.92 Å². The summed E-state index contributed by atoms with van der Waals surface area (Å²) in [5.41, 5.74) is 0.769. The summed E-state index contributed by atoms with van der Waals surface area (Å²) < 4.78 is 43.9. The predicted octanol–water partition coefficient (Wildman–Crippen LogP) is 5.25. The zero-order chi connectivity index (χ0) is 20.7. The number of benzene rings is 2. The average molecular weight is 393 g/mol. The van der Waals surface area contributed by atoms with Crippen LogP contribution in [0.4, 0.5) is 13.2 Å². The molecule has 0 spiro atoms. The van der Waals surface area contributed by atoms with Gasteiger partial charge in [-0.05, 0) is 37.3 Å². The molecule has 3 nitrogen and oxygen atoms in total. The van der Waals surface area contributed by atoms with Gasteiger partial charge in [-0.15, -0.1) is 0 Å². The van der Waals surface area contributed by atoms with Gasteiger partial charge < -0.3 is 4.40 Å². The van der Waals surface area contributed by atoms with Crippen LogP contribution in [0.5, 0.6) is 0 Å². The SMILES string of the molecule is CC(=O)c1ccc(-c2c(=O)ccn3c(-c4ccc(F)cc4F)cccc23)c(F)c1. The average Bonchev–Trinajstić information content (AvgIpc) is 2.68. The van der Waals surface area contributed by atoms with Gasteiger partial charge in [-0.3, -0.25) is 9.59 Å². The number of pyridine rings is 2. The molecule has 0 saturated heterocycles. The molecule has 0 atom stereocenters. The maximum Gasteiger partial charge on any atom is 0.190 e. The largest absolute Gasteiger partial charge is 0.316 e. The van der Waals surface area contributed by atoms with Gasteiger partial charge in [0.15, 0.2) is 11.2 Å². The minimum Gasteiger partial charge on any atom is -0.316 e. The first-order chi connectivity index (χ1) is 13.9. The van der Waals surface area contributed by atoms with Crippen LogP contribution in [0.25, 0.3) is 27.9 Å². The van der Waals surface area contributed by atoms with Crippen LogP contribution in [0.3, 0.4) is 0 Å². The highest BCUT2D eigenvalue weighted by molar-refractivity contribution is 5.95. The van der Waals surface area contributed by atoms with Crippen LogP contribution in [-0.2, 0) is 0 Å². The maximum atomic E-state index is 14.7. The van der Waals surface area contributed by atoms with E-state index in [-0.39, 0.29) is 28.0 Å². The van der Waals surface area contributed by atoms with Gasteiger partial charge in [0.1, 0.15) is 17.5 Å². The maximum absolute atomic E-state index is 14.7. The highest BCUT2D eigenvalue weighted by Gasteiger charge is 2.17. The van der Waals surface area contributed by atoms with Crippen molar-refractivity contribution in [2.24, 2.45) is 0 Å².